The monoisotopic (exact) mass is 386 g/mol. The van der Waals surface area contributed by atoms with Gasteiger partial charge in [-0.15, -0.1) is 0 Å². The van der Waals surface area contributed by atoms with Gasteiger partial charge in [-0.2, -0.15) is 0 Å². The molecule has 4 aliphatic rings. The highest BCUT2D eigenvalue weighted by molar-refractivity contribution is 7.92. The van der Waals surface area contributed by atoms with Crippen molar-refractivity contribution in [2.24, 2.45) is 10.4 Å². The Morgan fingerprint density at radius 3 is 2.81 bits per heavy atom. The first kappa shape index (κ1) is 18.6. The van der Waals surface area contributed by atoms with Crippen LogP contribution in [-0.2, 0) is 16.0 Å². The molecule has 2 aliphatic carbocycles. The van der Waals surface area contributed by atoms with Gasteiger partial charge >= 0.3 is 0 Å². The largest absolute Gasteiger partial charge is 0.616 e. The molecular weight excluding hydrogens is 360 g/mol. The molecule has 2 fully saturated rings. The van der Waals surface area contributed by atoms with Gasteiger partial charge < -0.3 is 15.0 Å². The molecule has 0 spiro atoms. The molecule has 144 valence electrons. The van der Waals surface area contributed by atoms with Crippen LogP contribution in [0.3, 0.4) is 0 Å². The number of hydrogen-bond acceptors (Lipinski definition) is 4. The third-order valence-electron chi connectivity index (χ3n) is 6.77. The van der Waals surface area contributed by atoms with Crippen LogP contribution in [0.1, 0.15) is 45.1 Å². The van der Waals surface area contributed by atoms with E-state index in [2.05, 4.69) is 24.4 Å². The molecule has 1 aromatic rings. The number of carbonyl (C=O) groups is 1. The summed E-state index contributed by atoms with van der Waals surface area (Å²) < 4.78 is 13.2. The maximum Gasteiger partial charge on any atom is 0.217 e. The minimum absolute atomic E-state index is 0.00151. The molecule has 5 nitrogen and oxygen atoms in total. The number of para-hydroxylation sites is 1. The molecule has 1 amide bonds. The quantitative estimate of drug-likeness (QED) is 0.476. The Kier molecular flexibility index (Phi) is 4.59. The summed E-state index contributed by atoms with van der Waals surface area (Å²) in [6.07, 6.45) is 9.21. The SMILES string of the molecule is CC(=O)NC1CCC2[S+]([O-])C3C=CC(/N=C/c4ccccc4O)(CC3)C12C. The van der Waals surface area contributed by atoms with E-state index < -0.39 is 22.1 Å². The van der Waals surface area contributed by atoms with Crippen LogP contribution in [0.25, 0.3) is 0 Å². The average Bonchev–Trinajstić information content (AvgIpc) is 2.90. The molecule has 6 unspecified atom stereocenters. The lowest BCUT2D eigenvalue weighted by molar-refractivity contribution is -0.120. The van der Waals surface area contributed by atoms with E-state index >= 15 is 0 Å². The molecule has 1 aromatic carbocycles. The summed E-state index contributed by atoms with van der Waals surface area (Å²) >= 11 is -0.974. The lowest BCUT2D eigenvalue weighted by atomic mass is 9.63. The summed E-state index contributed by atoms with van der Waals surface area (Å²) in [5.74, 6) is 0.134. The van der Waals surface area contributed by atoms with Crippen molar-refractivity contribution in [1.29, 1.82) is 0 Å². The number of hydrogen-bond donors (Lipinski definition) is 2. The fourth-order valence-corrected chi connectivity index (χ4v) is 7.46. The molecule has 0 radical (unpaired) electrons. The maximum absolute atomic E-state index is 13.2. The highest BCUT2D eigenvalue weighted by Gasteiger charge is 2.67. The Balaban J connectivity index is 1.80. The van der Waals surface area contributed by atoms with Crippen molar-refractivity contribution in [2.75, 3.05) is 0 Å². The lowest BCUT2D eigenvalue weighted by Crippen LogP contribution is -2.58. The van der Waals surface area contributed by atoms with Gasteiger partial charge in [0, 0.05) is 31.2 Å². The van der Waals surface area contributed by atoms with E-state index in [-0.39, 0.29) is 28.2 Å². The van der Waals surface area contributed by atoms with Crippen LogP contribution in [0.5, 0.6) is 5.75 Å². The summed E-state index contributed by atoms with van der Waals surface area (Å²) in [5.41, 5.74) is -0.291. The van der Waals surface area contributed by atoms with Crippen LogP contribution < -0.4 is 5.32 Å². The number of aromatic hydroxyl groups is 1. The lowest BCUT2D eigenvalue weighted by Gasteiger charge is -2.46. The highest BCUT2D eigenvalue weighted by Crippen LogP contribution is 2.58. The number of carbonyl (C=O) groups excluding carboxylic acids is 1. The van der Waals surface area contributed by atoms with Gasteiger partial charge in [-0.3, -0.25) is 9.79 Å². The molecule has 6 atom stereocenters. The molecule has 6 heteroatoms. The predicted molar refractivity (Wildman–Crippen MR) is 107 cm³/mol. The highest BCUT2D eigenvalue weighted by atomic mass is 32.2. The first-order valence-electron chi connectivity index (χ1n) is 9.56. The number of benzene rings is 1. The molecular formula is C21H26N2O3S. The minimum Gasteiger partial charge on any atom is -0.616 e. The third-order valence-corrected chi connectivity index (χ3v) is 9.04. The number of rotatable bonds is 3. The van der Waals surface area contributed by atoms with Crippen molar-refractivity contribution in [3.63, 3.8) is 0 Å². The topological polar surface area (TPSA) is 84.8 Å². The molecule has 1 saturated heterocycles. The molecule has 1 saturated carbocycles. The Morgan fingerprint density at radius 2 is 2.15 bits per heavy atom. The van der Waals surface area contributed by atoms with Crippen molar-refractivity contribution >= 4 is 23.3 Å². The zero-order chi connectivity index (χ0) is 19.2. The Bertz CT molecular complexity index is 810. The maximum atomic E-state index is 13.2. The van der Waals surface area contributed by atoms with Crippen LogP contribution in [0, 0.1) is 5.41 Å². The van der Waals surface area contributed by atoms with Crippen LogP contribution in [-0.4, -0.2) is 43.9 Å². The zero-order valence-electron chi connectivity index (χ0n) is 15.7. The number of fused-ring (bicyclic) bond motifs is 1. The smallest absolute Gasteiger partial charge is 0.217 e. The molecule has 0 aromatic heterocycles. The van der Waals surface area contributed by atoms with Gasteiger partial charge in [-0.25, -0.2) is 0 Å². The van der Waals surface area contributed by atoms with Crippen molar-refractivity contribution in [2.45, 2.75) is 61.6 Å². The number of aliphatic imine (C=N–C) groups is 1. The summed E-state index contributed by atoms with van der Waals surface area (Å²) in [5, 5.41) is 13.3. The molecule has 27 heavy (non-hydrogen) atoms. The Morgan fingerprint density at radius 1 is 1.37 bits per heavy atom. The average molecular weight is 387 g/mol. The van der Waals surface area contributed by atoms with E-state index in [0.717, 1.165) is 25.7 Å². The normalized spacial score (nSPS) is 40.1. The van der Waals surface area contributed by atoms with Crippen LogP contribution in [0.2, 0.25) is 0 Å². The van der Waals surface area contributed by atoms with Crippen molar-refractivity contribution in [3.05, 3.63) is 42.0 Å². The van der Waals surface area contributed by atoms with Gasteiger partial charge in [0.2, 0.25) is 5.91 Å². The predicted octanol–water partition coefficient (Wildman–Crippen LogP) is 2.70. The second kappa shape index (κ2) is 6.67. The summed E-state index contributed by atoms with van der Waals surface area (Å²) in [6.45, 7) is 3.68. The van der Waals surface area contributed by atoms with E-state index in [9.17, 15) is 14.5 Å². The summed E-state index contributed by atoms with van der Waals surface area (Å²) in [6, 6.07) is 7.07. The van der Waals surface area contributed by atoms with Gasteiger partial charge in [0.1, 0.15) is 16.2 Å². The van der Waals surface area contributed by atoms with Crippen molar-refractivity contribution in [1.82, 2.24) is 5.32 Å². The van der Waals surface area contributed by atoms with E-state index in [1.807, 2.05) is 12.1 Å². The zero-order valence-corrected chi connectivity index (χ0v) is 16.5. The van der Waals surface area contributed by atoms with E-state index in [1.54, 1.807) is 18.3 Å². The number of amides is 1. The second-order valence-corrected chi connectivity index (χ2v) is 9.94. The number of nitrogens with one attached hydrogen (secondary N) is 1. The van der Waals surface area contributed by atoms with E-state index in [1.165, 1.54) is 6.92 Å². The first-order valence-corrected chi connectivity index (χ1v) is 10.8. The molecule has 2 bridgehead atoms. The Hall–Kier alpha value is -1.79. The number of phenolic OH excluding ortho intramolecular Hbond substituents is 1. The summed E-state index contributed by atoms with van der Waals surface area (Å²) in [4.78, 5) is 16.9. The standard InChI is InChI=1S/C21H26N2O3S/c1-14(24)23-18-7-8-19-20(18,2)21(11-9-16(10-12-21)27(19)26)22-13-15-5-3-4-6-17(15)25/h3-6,9,11,13,16,18-19,25H,7-8,10,12H2,1-2H3,(H,23,24)/b22-13+. The van der Waals surface area contributed by atoms with Crippen molar-refractivity contribution in [3.8, 4) is 5.75 Å². The Labute approximate surface area is 163 Å². The van der Waals surface area contributed by atoms with Crippen LogP contribution >= 0.6 is 0 Å². The fourth-order valence-electron chi connectivity index (χ4n) is 5.24. The van der Waals surface area contributed by atoms with Gasteiger partial charge in [0.15, 0.2) is 0 Å². The van der Waals surface area contributed by atoms with E-state index in [0.29, 0.717) is 5.56 Å². The molecule has 5 rings (SSSR count). The number of phenols is 1. The summed E-state index contributed by atoms with van der Waals surface area (Å²) in [7, 11) is 0. The minimum atomic E-state index is -0.974. The third kappa shape index (κ3) is 2.81. The molecule has 2 N–H and O–H groups in total. The van der Waals surface area contributed by atoms with Gasteiger partial charge in [0.05, 0.1) is 11.0 Å². The molecule has 2 aliphatic heterocycles. The van der Waals surface area contributed by atoms with Crippen molar-refractivity contribution < 1.29 is 14.5 Å². The van der Waals surface area contributed by atoms with Crippen LogP contribution in [0.15, 0.2) is 41.4 Å². The van der Waals surface area contributed by atoms with Gasteiger partial charge in [-0.1, -0.05) is 25.1 Å². The van der Waals surface area contributed by atoms with E-state index in [4.69, 9.17) is 4.99 Å². The number of nitrogens with zero attached hydrogens (tertiary/aromatic N) is 1. The molecule has 2 heterocycles. The van der Waals surface area contributed by atoms with Gasteiger partial charge in [0.25, 0.3) is 0 Å². The fraction of sp³-hybridized carbons (Fsp3) is 0.524. The van der Waals surface area contributed by atoms with Crippen LogP contribution in [0.4, 0.5) is 0 Å². The van der Waals surface area contributed by atoms with Gasteiger partial charge in [-0.05, 0) is 48.6 Å². The first-order chi connectivity index (χ1) is 12.9. The second-order valence-electron chi connectivity index (χ2n) is 8.11.